The number of halogens is 1. The van der Waals surface area contributed by atoms with Crippen LogP contribution >= 0.6 is 15.9 Å². The van der Waals surface area contributed by atoms with Crippen molar-refractivity contribution in [3.05, 3.63) is 34.3 Å². The van der Waals surface area contributed by atoms with Gasteiger partial charge in [0.15, 0.2) is 0 Å². The van der Waals surface area contributed by atoms with Gasteiger partial charge < -0.3 is 15.2 Å². The molecule has 1 heterocycles. The van der Waals surface area contributed by atoms with Gasteiger partial charge in [-0.1, -0.05) is 28.1 Å². The maximum atomic E-state index is 9.97. The molecule has 0 spiro atoms. The highest BCUT2D eigenvalue weighted by Crippen LogP contribution is 2.10. The Balaban J connectivity index is 1.63. The van der Waals surface area contributed by atoms with Gasteiger partial charge in [0.05, 0.1) is 19.3 Å². The van der Waals surface area contributed by atoms with Crippen LogP contribution in [0.5, 0.6) is 0 Å². The Hall–Kier alpha value is -0.460. The molecule has 1 unspecified atom stereocenters. The molecular formula is C14H21BrN2O2. The second-order valence-corrected chi connectivity index (χ2v) is 5.74. The minimum absolute atomic E-state index is 0.325. The van der Waals surface area contributed by atoms with E-state index < -0.39 is 0 Å². The summed E-state index contributed by atoms with van der Waals surface area (Å²) >= 11 is 3.42. The lowest BCUT2D eigenvalue weighted by Crippen LogP contribution is -2.43. The summed E-state index contributed by atoms with van der Waals surface area (Å²) in [6.07, 6.45) is -0.325. The number of β-amino-alcohol motifs (C(OH)–C–C–N with tert-alkyl or cyclic N) is 1. The van der Waals surface area contributed by atoms with Gasteiger partial charge in [0.25, 0.3) is 0 Å². The third-order valence-electron chi connectivity index (χ3n) is 3.19. The summed E-state index contributed by atoms with van der Waals surface area (Å²) < 4.78 is 6.37. The first kappa shape index (κ1) is 14.9. The first-order chi connectivity index (χ1) is 9.24. The van der Waals surface area contributed by atoms with E-state index in [4.69, 9.17) is 4.74 Å². The summed E-state index contributed by atoms with van der Waals surface area (Å²) in [6, 6.07) is 8.21. The van der Waals surface area contributed by atoms with Crippen molar-refractivity contribution in [1.82, 2.24) is 10.2 Å². The molecule has 106 valence electrons. The fraction of sp³-hybridized carbons (Fsp3) is 0.571. The summed E-state index contributed by atoms with van der Waals surface area (Å²) in [5, 5.41) is 13.3. The largest absolute Gasteiger partial charge is 0.390 e. The van der Waals surface area contributed by atoms with Crippen LogP contribution in [0.1, 0.15) is 5.56 Å². The van der Waals surface area contributed by atoms with E-state index in [2.05, 4.69) is 38.3 Å². The van der Waals surface area contributed by atoms with Crippen molar-refractivity contribution in [1.29, 1.82) is 0 Å². The number of rotatable bonds is 6. The van der Waals surface area contributed by atoms with E-state index >= 15 is 0 Å². The molecule has 2 N–H and O–H groups in total. The zero-order valence-corrected chi connectivity index (χ0v) is 12.6. The van der Waals surface area contributed by atoms with E-state index in [1.54, 1.807) is 0 Å². The molecule has 1 aromatic rings. The van der Waals surface area contributed by atoms with Crippen LogP contribution in [-0.4, -0.2) is 55.5 Å². The van der Waals surface area contributed by atoms with Gasteiger partial charge in [0, 0.05) is 37.2 Å². The van der Waals surface area contributed by atoms with Crippen LogP contribution in [0, 0.1) is 0 Å². The lowest BCUT2D eigenvalue weighted by Gasteiger charge is -2.28. The number of aliphatic hydroxyl groups excluding tert-OH is 1. The Labute approximate surface area is 122 Å². The maximum Gasteiger partial charge on any atom is 0.0791 e. The molecule has 1 saturated heterocycles. The van der Waals surface area contributed by atoms with E-state index in [1.165, 1.54) is 5.56 Å². The fourth-order valence-corrected chi connectivity index (χ4v) is 2.40. The molecule has 5 heteroatoms. The average Bonchev–Trinajstić information content (AvgIpc) is 2.42. The van der Waals surface area contributed by atoms with Crippen LogP contribution in [0.2, 0.25) is 0 Å². The Bertz CT molecular complexity index is 366. The number of nitrogens with zero attached hydrogens (tertiary/aromatic N) is 1. The van der Waals surface area contributed by atoms with Gasteiger partial charge in [-0.3, -0.25) is 4.90 Å². The SMILES string of the molecule is OC(CNCc1ccc(Br)cc1)CN1CCOCC1. The van der Waals surface area contributed by atoms with Crippen LogP contribution in [0.4, 0.5) is 0 Å². The smallest absolute Gasteiger partial charge is 0.0791 e. The molecule has 1 aliphatic heterocycles. The van der Waals surface area contributed by atoms with Crippen molar-refractivity contribution in [2.45, 2.75) is 12.6 Å². The minimum atomic E-state index is -0.325. The molecule has 0 radical (unpaired) electrons. The van der Waals surface area contributed by atoms with Gasteiger partial charge in [-0.05, 0) is 17.7 Å². The van der Waals surface area contributed by atoms with E-state index in [1.807, 2.05) is 12.1 Å². The minimum Gasteiger partial charge on any atom is -0.390 e. The van der Waals surface area contributed by atoms with Gasteiger partial charge in [-0.25, -0.2) is 0 Å². The van der Waals surface area contributed by atoms with Crippen molar-refractivity contribution in [3.63, 3.8) is 0 Å². The monoisotopic (exact) mass is 328 g/mol. The van der Waals surface area contributed by atoms with Crippen LogP contribution in [0.15, 0.2) is 28.7 Å². The maximum absolute atomic E-state index is 9.97. The summed E-state index contributed by atoms with van der Waals surface area (Å²) in [5.74, 6) is 0. The molecule has 0 amide bonds. The van der Waals surface area contributed by atoms with E-state index in [9.17, 15) is 5.11 Å². The molecule has 19 heavy (non-hydrogen) atoms. The van der Waals surface area contributed by atoms with E-state index in [0.29, 0.717) is 6.54 Å². The molecule has 2 rings (SSSR count). The number of benzene rings is 1. The van der Waals surface area contributed by atoms with Crippen molar-refractivity contribution in [2.24, 2.45) is 0 Å². The second kappa shape index (κ2) is 7.97. The summed E-state index contributed by atoms with van der Waals surface area (Å²) in [7, 11) is 0. The van der Waals surface area contributed by atoms with Crippen LogP contribution < -0.4 is 5.32 Å². The quantitative estimate of drug-likeness (QED) is 0.824. The number of morpholine rings is 1. The van der Waals surface area contributed by atoms with Gasteiger partial charge in [0.1, 0.15) is 0 Å². The van der Waals surface area contributed by atoms with E-state index in [0.717, 1.165) is 43.9 Å². The highest BCUT2D eigenvalue weighted by Gasteiger charge is 2.14. The lowest BCUT2D eigenvalue weighted by molar-refractivity contribution is 0.0149. The summed E-state index contributed by atoms with van der Waals surface area (Å²) in [4.78, 5) is 2.25. The molecule has 1 aliphatic rings. The predicted octanol–water partition coefficient (Wildman–Crippen LogP) is 1.23. The molecule has 4 nitrogen and oxygen atoms in total. The first-order valence-corrected chi connectivity index (χ1v) is 7.46. The Morgan fingerprint density at radius 1 is 1.26 bits per heavy atom. The predicted molar refractivity (Wildman–Crippen MR) is 79.1 cm³/mol. The third kappa shape index (κ3) is 5.58. The zero-order valence-electron chi connectivity index (χ0n) is 11.0. The van der Waals surface area contributed by atoms with Crippen LogP contribution in [0.25, 0.3) is 0 Å². The third-order valence-corrected chi connectivity index (χ3v) is 3.72. The Morgan fingerprint density at radius 2 is 1.95 bits per heavy atom. The lowest BCUT2D eigenvalue weighted by atomic mass is 10.2. The first-order valence-electron chi connectivity index (χ1n) is 6.67. The van der Waals surface area contributed by atoms with Crippen molar-refractivity contribution < 1.29 is 9.84 Å². The fourth-order valence-electron chi connectivity index (χ4n) is 2.13. The molecule has 0 saturated carbocycles. The van der Waals surface area contributed by atoms with Gasteiger partial charge in [-0.15, -0.1) is 0 Å². The molecule has 1 atom stereocenters. The molecule has 1 fully saturated rings. The average molecular weight is 329 g/mol. The van der Waals surface area contributed by atoms with E-state index in [-0.39, 0.29) is 6.10 Å². The normalized spacial score (nSPS) is 18.4. The highest BCUT2D eigenvalue weighted by atomic mass is 79.9. The Morgan fingerprint density at radius 3 is 2.63 bits per heavy atom. The number of nitrogens with one attached hydrogen (secondary N) is 1. The molecular weight excluding hydrogens is 308 g/mol. The summed E-state index contributed by atoms with van der Waals surface area (Å²) in [6.45, 7) is 5.52. The topological polar surface area (TPSA) is 44.7 Å². The van der Waals surface area contributed by atoms with Crippen molar-refractivity contribution >= 4 is 15.9 Å². The second-order valence-electron chi connectivity index (χ2n) is 4.82. The molecule has 0 aromatic heterocycles. The number of ether oxygens (including phenoxy) is 1. The molecule has 1 aromatic carbocycles. The zero-order chi connectivity index (χ0) is 13.5. The molecule has 0 bridgehead atoms. The molecule has 0 aliphatic carbocycles. The number of aliphatic hydroxyl groups is 1. The standard InChI is InChI=1S/C14H21BrN2O2/c15-13-3-1-12(2-4-13)9-16-10-14(18)11-17-5-7-19-8-6-17/h1-4,14,16,18H,5-11H2. The number of hydrogen-bond acceptors (Lipinski definition) is 4. The van der Waals surface area contributed by atoms with Crippen LogP contribution in [-0.2, 0) is 11.3 Å². The van der Waals surface area contributed by atoms with Crippen LogP contribution in [0.3, 0.4) is 0 Å². The Kier molecular flexibility index (Phi) is 6.26. The van der Waals surface area contributed by atoms with Gasteiger partial charge in [-0.2, -0.15) is 0 Å². The van der Waals surface area contributed by atoms with Crippen molar-refractivity contribution in [3.8, 4) is 0 Å². The highest BCUT2D eigenvalue weighted by molar-refractivity contribution is 9.10. The van der Waals surface area contributed by atoms with Crippen molar-refractivity contribution in [2.75, 3.05) is 39.4 Å². The summed E-state index contributed by atoms with van der Waals surface area (Å²) in [5.41, 5.74) is 1.22. The van der Waals surface area contributed by atoms with Gasteiger partial charge in [0.2, 0.25) is 0 Å². The number of hydrogen-bond donors (Lipinski definition) is 2. The van der Waals surface area contributed by atoms with Gasteiger partial charge >= 0.3 is 0 Å².